The molecule has 0 aliphatic carbocycles. The highest BCUT2D eigenvalue weighted by atomic mass is 16.7. The van der Waals surface area contributed by atoms with Crippen molar-refractivity contribution in [3.05, 3.63) is 42.6 Å². The van der Waals surface area contributed by atoms with Crippen molar-refractivity contribution < 1.29 is 18.9 Å². The Morgan fingerprint density at radius 1 is 0.800 bits per heavy atom. The molecule has 1 aliphatic rings. The van der Waals surface area contributed by atoms with E-state index in [-0.39, 0.29) is 6.79 Å². The van der Waals surface area contributed by atoms with Crippen molar-refractivity contribution in [2.75, 3.05) is 21.0 Å². The van der Waals surface area contributed by atoms with E-state index in [1.54, 1.807) is 14.2 Å². The number of hydrogen-bond acceptors (Lipinski definition) is 5. The summed E-state index contributed by atoms with van der Waals surface area (Å²) in [5.74, 6) is 2.93. The highest BCUT2D eigenvalue weighted by Gasteiger charge is 2.17. The lowest BCUT2D eigenvalue weighted by Gasteiger charge is -2.12. The minimum absolute atomic E-state index is 0.261. The first-order valence-corrected chi connectivity index (χ1v) is 7.95. The number of benzene rings is 3. The molecule has 0 unspecified atom stereocenters. The van der Waals surface area contributed by atoms with Gasteiger partial charge in [-0.25, -0.2) is 0 Å². The summed E-state index contributed by atoms with van der Waals surface area (Å²) in [4.78, 5) is 4.70. The minimum Gasteiger partial charge on any atom is -0.493 e. The van der Waals surface area contributed by atoms with E-state index in [1.165, 1.54) is 0 Å². The zero-order valence-electron chi connectivity index (χ0n) is 13.8. The van der Waals surface area contributed by atoms with Crippen LogP contribution in [0.5, 0.6) is 23.0 Å². The van der Waals surface area contributed by atoms with Gasteiger partial charge in [0, 0.05) is 22.4 Å². The molecule has 0 saturated heterocycles. The largest absolute Gasteiger partial charge is 0.493 e. The van der Waals surface area contributed by atoms with Crippen LogP contribution in [0.4, 0.5) is 0 Å². The summed E-state index contributed by atoms with van der Waals surface area (Å²) in [6.07, 6.45) is 1.86. The number of hydrogen-bond donors (Lipinski definition) is 0. The predicted molar refractivity (Wildman–Crippen MR) is 96.0 cm³/mol. The van der Waals surface area contributed by atoms with Gasteiger partial charge in [0.05, 0.1) is 19.7 Å². The third-order valence-corrected chi connectivity index (χ3v) is 4.66. The first-order valence-electron chi connectivity index (χ1n) is 7.95. The molecule has 1 aliphatic heterocycles. The quantitative estimate of drug-likeness (QED) is 0.512. The van der Waals surface area contributed by atoms with Gasteiger partial charge in [0.25, 0.3) is 0 Å². The molecule has 1 aromatic heterocycles. The van der Waals surface area contributed by atoms with Crippen molar-refractivity contribution in [2.24, 2.45) is 0 Å². The molecule has 0 fully saturated rings. The monoisotopic (exact) mass is 333 g/mol. The average Bonchev–Trinajstić information content (AvgIpc) is 3.11. The summed E-state index contributed by atoms with van der Waals surface area (Å²) in [7, 11) is 3.28. The lowest BCUT2D eigenvalue weighted by molar-refractivity contribution is 0.174. The van der Waals surface area contributed by atoms with E-state index in [0.717, 1.165) is 43.9 Å². The van der Waals surface area contributed by atoms with Crippen molar-refractivity contribution in [1.29, 1.82) is 0 Å². The van der Waals surface area contributed by atoms with Crippen LogP contribution < -0.4 is 18.9 Å². The van der Waals surface area contributed by atoms with E-state index in [0.29, 0.717) is 11.5 Å². The first kappa shape index (κ1) is 14.2. The van der Waals surface area contributed by atoms with Gasteiger partial charge in [-0.2, -0.15) is 0 Å². The van der Waals surface area contributed by atoms with E-state index in [1.807, 2.05) is 30.5 Å². The van der Waals surface area contributed by atoms with Crippen molar-refractivity contribution in [3.63, 3.8) is 0 Å². The molecule has 5 rings (SSSR count). The highest BCUT2D eigenvalue weighted by Crippen LogP contribution is 2.40. The topological polar surface area (TPSA) is 49.8 Å². The molecule has 3 aromatic carbocycles. The van der Waals surface area contributed by atoms with E-state index in [2.05, 4.69) is 12.1 Å². The number of fused-ring (bicyclic) bond motifs is 6. The number of ether oxygens (including phenoxy) is 4. The lowest BCUT2D eigenvalue weighted by Crippen LogP contribution is -1.92. The Kier molecular flexibility index (Phi) is 2.91. The maximum Gasteiger partial charge on any atom is 0.231 e. The zero-order chi connectivity index (χ0) is 17.0. The van der Waals surface area contributed by atoms with Gasteiger partial charge >= 0.3 is 0 Å². The van der Waals surface area contributed by atoms with Gasteiger partial charge in [-0.15, -0.1) is 0 Å². The number of nitrogens with zero attached hydrogens (tertiary/aromatic N) is 1. The molecule has 25 heavy (non-hydrogen) atoms. The Labute approximate surface area is 143 Å². The van der Waals surface area contributed by atoms with Gasteiger partial charge < -0.3 is 18.9 Å². The fourth-order valence-electron chi connectivity index (χ4n) is 3.42. The molecule has 0 bridgehead atoms. The standard InChI is InChI=1S/C20H15NO4/c1-22-16-6-12-9-21-20-13(14(12)7-17(16)23-2)4-3-11-5-18-19(8-15(11)20)25-10-24-18/h3-9H,10H2,1-2H3. The number of pyridine rings is 1. The van der Waals surface area contributed by atoms with Crippen molar-refractivity contribution in [1.82, 2.24) is 4.98 Å². The molecule has 5 nitrogen and oxygen atoms in total. The summed E-state index contributed by atoms with van der Waals surface area (Å²) in [6, 6.07) is 12.1. The first-order chi connectivity index (χ1) is 12.3. The van der Waals surface area contributed by atoms with Crippen LogP contribution in [-0.2, 0) is 0 Å². The third-order valence-electron chi connectivity index (χ3n) is 4.66. The van der Waals surface area contributed by atoms with Crippen LogP contribution in [0.25, 0.3) is 32.4 Å². The van der Waals surface area contributed by atoms with Gasteiger partial charge in [0.1, 0.15) is 0 Å². The third kappa shape index (κ3) is 1.99. The molecule has 124 valence electrons. The Hall–Kier alpha value is -3.21. The van der Waals surface area contributed by atoms with Crippen molar-refractivity contribution in [2.45, 2.75) is 0 Å². The number of methoxy groups -OCH3 is 2. The smallest absolute Gasteiger partial charge is 0.231 e. The average molecular weight is 333 g/mol. The molecule has 2 heterocycles. The van der Waals surface area contributed by atoms with Crippen molar-refractivity contribution >= 4 is 32.4 Å². The Morgan fingerprint density at radius 3 is 2.36 bits per heavy atom. The second-order valence-corrected chi connectivity index (χ2v) is 5.94. The van der Waals surface area contributed by atoms with Crippen LogP contribution in [0, 0.1) is 0 Å². The molecule has 0 atom stereocenters. The fourth-order valence-corrected chi connectivity index (χ4v) is 3.42. The normalized spacial score (nSPS) is 12.9. The molecular weight excluding hydrogens is 318 g/mol. The molecule has 0 amide bonds. The van der Waals surface area contributed by atoms with Crippen LogP contribution in [0.15, 0.2) is 42.6 Å². The molecule has 4 aromatic rings. The molecule has 0 radical (unpaired) electrons. The second kappa shape index (κ2) is 5.14. The number of rotatable bonds is 2. The highest BCUT2D eigenvalue weighted by molar-refractivity contribution is 6.16. The van der Waals surface area contributed by atoms with Crippen LogP contribution in [0.3, 0.4) is 0 Å². The van der Waals surface area contributed by atoms with Gasteiger partial charge in [-0.3, -0.25) is 4.98 Å². The molecule has 0 saturated carbocycles. The van der Waals surface area contributed by atoms with E-state index in [4.69, 9.17) is 23.9 Å². The maximum absolute atomic E-state index is 5.52. The van der Waals surface area contributed by atoms with Crippen molar-refractivity contribution in [3.8, 4) is 23.0 Å². The van der Waals surface area contributed by atoms with Gasteiger partial charge in [-0.1, -0.05) is 12.1 Å². The van der Waals surface area contributed by atoms with Gasteiger partial charge in [0.2, 0.25) is 6.79 Å². The van der Waals surface area contributed by atoms with E-state index >= 15 is 0 Å². The van der Waals surface area contributed by atoms with Gasteiger partial charge in [-0.05, 0) is 35.0 Å². The number of aromatic nitrogens is 1. The van der Waals surface area contributed by atoms with Crippen LogP contribution >= 0.6 is 0 Å². The Balaban J connectivity index is 1.88. The Bertz CT molecular complexity index is 1150. The summed E-state index contributed by atoms with van der Waals surface area (Å²) in [5, 5.41) is 5.25. The summed E-state index contributed by atoms with van der Waals surface area (Å²) >= 11 is 0. The Morgan fingerprint density at radius 2 is 1.56 bits per heavy atom. The molecule has 0 spiro atoms. The van der Waals surface area contributed by atoms with Crippen LogP contribution in [0.2, 0.25) is 0 Å². The maximum atomic E-state index is 5.52. The fraction of sp³-hybridized carbons (Fsp3) is 0.150. The summed E-state index contributed by atoms with van der Waals surface area (Å²) in [5.41, 5.74) is 0.926. The molecule has 5 heteroatoms. The molecular formula is C20H15NO4. The van der Waals surface area contributed by atoms with Crippen LogP contribution in [-0.4, -0.2) is 26.0 Å². The minimum atomic E-state index is 0.261. The van der Waals surface area contributed by atoms with E-state index < -0.39 is 0 Å². The SMILES string of the molecule is COc1cc2cnc3c4cc5c(cc4ccc3c2cc1OC)OCO5. The van der Waals surface area contributed by atoms with Crippen LogP contribution in [0.1, 0.15) is 0 Å². The van der Waals surface area contributed by atoms with Gasteiger partial charge in [0.15, 0.2) is 23.0 Å². The predicted octanol–water partition coefficient (Wildman–Crippen LogP) is 4.29. The zero-order valence-corrected chi connectivity index (χ0v) is 13.8. The lowest BCUT2D eigenvalue weighted by atomic mass is 10.0. The summed E-state index contributed by atoms with van der Waals surface area (Å²) in [6.45, 7) is 0.261. The second-order valence-electron chi connectivity index (χ2n) is 5.94. The summed E-state index contributed by atoms with van der Waals surface area (Å²) < 4.78 is 21.8. The van der Waals surface area contributed by atoms with E-state index in [9.17, 15) is 0 Å². The molecule has 0 N–H and O–H groups in total.